The average Bonchev–Trinajstić information content (AvgIpc) is 1.98. The van der Waals surface area contributed by atoms with Crippen LogP contribution in [-0.2, 0) is 0 Å². The highest BCUT2D eigenvalue weighted by atomic mass is 79.9. The summed E-state index contributed by atoms with van der Waals surface area (Å²) in [5, 5.41) is 12.3. The van der Waals surface area contributed by atoms with Crippen molar-refractivity contribution in [1.29, 1.82) is 5.26 Å². The molecule has 1 N–H and O–H groups in total. The van der Waals surface area contributed by atoms with E-state index in [1.165, 1.54) is 0 Å². The lowest BCUT2D eigenvalue weighted by molar-refractivity contribution is 0.390. The molecule has 1 heterocycles. The maximum Gasteiger partial charge on any atom is 0.0975 e. The van der Waals surface area contributed by atoms with E-state index in [4.69, 9.17) is 5.26 Å². The molecular formula is C9H13BrN2. The Bertz CT molecular complexity index is 281. The Morgan fingerprint density at radius 1 is 1.25 bits per heavy atom. The smallest absolute Gasteiger partial charge is 0.0975 e. The fourth-order valence-corrected chi connectivity index (χ4v) is 2.36. The van der Waals surface area contributed by atoms with Gasteiger partial charge in [0, 0.05) is 15.6 Å². The Kier molecular flexibility index (Phi) is 2.10. The van der Waals surface area contributed by atoms with Crippen LogP contribution < -0.4 is 5.32 Å². The van der Waals surface area contributed by atoms with E-state index >= 15 is 0 Å². The lowest BCUT2D eigenvalue weighted by Gasteiger charge is -2.26. The van der Waals surface area contributed by atoms with Crippen molar-refractivity contribution in [2.24, 2.45) is 0 Å². The maximum absolute atomic E-state index is 8.93. The first-order chi connectivity index (χ1) is 5.31. The van der Waals surface area contributed by atoms with Gasteiger partial charge in [-0.2, -0.15) is 5.26 Å². The number of hydrogen-bond acceptors (Lipinski definition) is 2. The molecule has 0 amide bonds. The summed E-state index contributed by atoms with van der Waals surface area (Å²) in [6, 6.07) is 2.23. The highest BCUT2D eigenvalue weighted by Gasteiger charge is 2.42. The van der Waals surface area contributed by atoms with Gasteiger partial charge in [0.05, 0.1) is 11.6 Å². The second-order valence-electron chi connectivity index (χ2n) is 4.18. The van der Waals surface area contributed by atoms with E-state index in [0.29, 0.717) is 0 Å². The summed E-state index contributed by atoms with van der Waals surface area (Å²) in [5.41, 5.74) is 0.471. The van der Waals surface area contributed by atoms with E-state index in [-0.39, 0.29) is 11.1 Å². The molecule has 1 aliphatic rings. The van der Waals surface area contributed by atoms with Gasteiger partial charge in [0.15, 0.2) is 0 Å². The summed E-state index contributed by atoms with van der Waals surface area (Å²) in [6.45, 7) is 8.15. The zero-order valence-electron chi connectivity index (χ0n) is 7.83. The molecule has 12 heavy (non-hydrogen) atoms. The van der Waals surface area contributed by atoms with Crippen LogP contribution in [0.1, 0.15) is 27.7 Å². The van der Waals surface area contributed by atoms with E-state index in [1.807, 2.05) is 13.8 Å². The third kappa shape index (κ3) is 1.30. The largest absolute Gasteiger partial charge is 0.298 e. The second-order valence-corrected chi connectivity index (χ2v) is 4.97. The van der Waals surface area contributed by atoms with Gasteiger partial charge >= 0.3 is 0 Å². The van der Waals surface area contributed by atoms with Crippen molar-refractivity contribution in [3.63, 3.8) is 0 Å². The van der Waals surface area contributed by atoms with Crippen LogP contribution in [0.25, 0.3) is 0 Å². The molecule has 2 nitrogen and oxygen atoms in total. The molecule has 0 unspecified atom stereocenters. The molecule has 1 rings (SSSR count). The van der Waals surface area contributed by atoms with E-state index < -0.39 is 0 Å². The molecule has 0 aliphatic carbocycles. The number of rotatable bonds is 0. The Morgan fingerprint density at radius 3 is 1.92 bits per heavy atom. The number of hydrogen-bond donors (Lipinski definition) is 1. The standard InChI is InChI=1S/C9H13BrN2/c1-8(2)6(5-11)7(10)9(3,4)12-8/h12H,1-4H3. The Hall–Kier alpha value is -0.330. The summed E-state index contributed by atoms with van der Waals surface area (Å²) >= 11 is 3.46. The van der Waals surface area contributed by atoms with Crippen molar-refractivity contribution < 1.29 is 0 Å². The van der Waals surface area contributed by atoms with Crippen molar-refractivity contribution in [2.45, 2.75) is 38.8 Å². The second kappa shape index (κ2) is 2.58. The van der Waals surface area contributed by atoms with E-state index in [0.717, 1.165) is 10.1 Å². The lowest BCUT2D eigenvalue weighted by atomic mass is 9.98. The minimum absolute atomic E-state index is 0.117. The molecule has 0 atom stereocenters. The molecule has 0 bridgehead atoms. The van der Waals surface area contributed by atoms with Gasteiger partial charge in [-0.25, -0.2) is 0 Å². The van der Waals surface area contributed by atoms with Gasteiger partial charge in [-0.1, -0.05) is 15.9 Å². The van der Waals surface area contributed by atoms with Crippen LogP contribution in [-0.4, -0.2) is 11.1 Å². The number of nitriles is 1. The first-order valence-corrected chi connectivity index (χ1v) is 4.71. The zero-order valence-corrected chi connectivity index (χ0v) is 9.41. The molecule has 0 saturated heterocycles. The molecule has 0 aromatic carbocycles. The van der Waals surface area contributed by atoms with Crippen LogP contribution in [0.15, 0.2) is 10.1 Å². The quantitative estimate of drug-likeness (QED) is 0.691. The van der Waals surface area contributed by atoms with Gasteiger partial charge in [0.25, 0.3) is 0 Å². The first-order valence-electron chi connectivity index (χ1n) is 3.91. The Morgan fingerprint density at radius 2 is 1.75 bits per heavy atom. The third-order valence-electron chi connectivity index (χ3n) is 2.13. The van der Waals surface area contributed by atoms with Crippen molar-refractivity contribution >= 4 is 15.9 Å². The van der Waals surface area contributed by atoms with Crippen molar-refractivity contribution in [3.8, 4) is 6.07 Å². The van der Waals surface area contributed by atoms with Gasteiger partial charge in [-0.05, 0) is 27.7 Å². The van der Waals surface area contributed by atoms with Crippen molar-refractivity contribution in [3.05, 3.63) is 10.1 Å². The molecule has 1 aliphatic heterocycles. The van der Waals surface area contributed by atoms with Gasteiger partial charge in [-0.15, -0.1) is 0 Å². The summed E-state index contributed by atoms with van der Waals surface area (Å²) in [7, 11) is 0. The third-order valence-corrected chi connectivity index (χ3v) is 3.52. The predicted octanol–water partition coefficient (Wildman–Crippen LogP) is 2.32. The monoisotopic (exact) mass is 228 g/mol. The predicted molar refractivity (Wildman–Crippen MR) is 52.9 cm³/mol. The molecule has 3 heteroatoms. The summed E-state index contributed by atoms with van der Waals surface area (Å²) in [6.07, 6.45) is 0. The van der Waals surface area contributed by atoms with Crippen molar-refractivity contribution in [2.75, 3.05) is 0 Å². The first kappa shape index (κ1) is 9.76. The molecule has 0 aromatic rings. The molecule has 66 valence electrons. The van der Waals surface area contributed by atoms with Crippen LogP contribution >= 0.6 is 15.9 Å². The summed E-state index contributed by atoms with van der Waals surface area (Å²) in [4.78, 5) is 0. The normalized spacial score (nSPS) is 25.7. The SMILES string of the molecule is CC1(C)NC(C)(C)C(C#N)=C1Br. The Balaban J connectivity index is 3.22. The average molecular weight is 229 g/mol. The maximum atomic E-state index is 8.93. The lowest BCUT2D eigenvalue weighted by Crippen LogP contribution is -2.46. The minimum atomic E-state index is -0.211. The van der Waals surface area contributed by atoms with Gasteiger partial charge in [0.1, 0.15) is 0 Å². The zero-order chi connectivity index (χ0) is 9.57. The fraction of sp³-hybridized carbons (Fsp3) is 0.667. The highest BCUT2D eigenvalue weighted by molar-refractivity contribution is 9.11. The minimum Gasteiger partial charge on any atom is -0.298 e. The van der Waals surface area contributed by atoms with Gasteiger partial charge < -0.3 is 0 Å². The number of nitrogens with one attached hydrogen (secondary N) is 1. The number of halogens is 1. The number of nitrogens with zero attached hydrogens (tertiary/aromatic N) is 1. The van der Waals surface area contributed by atoms with Gasteiger partial charge in [0.2, 0.25) is 0 Å². The van der Waals surface area contributed by atoms with Crippen LogP contribution in [0.5, 0.6) is 0 Å². The van der Waals surface area contributed by atoms with Crippen LogP contribution in [0, 0.1) is 11.3 Å². The Labute approximate surface area is 81.8 Å². The van der Waals surface area contributed by atoms with Crippen molar-refractivity contribution in [1.82, 2.24) is 5.32 Å². The van der Waals surface area contributed by atoms with E-state index in [9.17, 15) is 0 Å². The molecule has 0 saturated carbocycles. The molecule has 0 fully saturated rings. The van der Waals surface area contributed by atoms with Crippen LogP contribution in [0.3, 0.4) is 0 Å². The molecule has 0 aromatic heterocycles. The molecule has 0 radical (unpaired) electrons. The molecule has 0 spiro atoms. The van der Waals surface area contributed by atoms with E-state index in [1.54, 1.807) is 0 Å². The van der Waals surface area contributed by atoms with E-state index in [2.05, 4.69) is 41.2 Å². The highest BCUT2D eigenvalue weighted by Crippen LogP contribution is 2.39. The van der Waals surface area contributed by atoms with Gasteiger partial charge in [-0.3, -0.25) is 5.32 Å². The summed E-state index contributed by atoms with van der Waals surface area (Å²) < 4.78 is 0.975. The molecular weight excluding hydrogens is 216 g/mol. The summed E-state index contributed by atoms with van der Waals surface area (Å²) in [5.74, 6) is 0. The topological polar surface area (TPSA) is 35.8 Å². The van der Waals surface area contributed by atoms with Crippen LogP contribution in [0.4, 0.5) is 0 Å². The fourth-order valence-electron chi connectivity index (χ4n) is 1.67. The van der Waals surface area contributed by atoms with Crippen LogP contribution in [0.2, 0.25) is 0 Å².